The van der Waals surface area contributed by atoms with Crippen LogP contribution in [0.1, 0.15) is 6.42 Å². The first-order chi connectivity index (χ1) is 15.0. The molecule has 1 aromatic heterocycles. The van der Waals surface area contributed by atoms with Crippen LogP contribution in [0, 0.1) is 5.82 Å². The van der Waals surface area contributed by atoms with Gasteiger partial charge >= 0.3 is 5.97 Å². The van der Waals surface area contributed by atoms with Crippen LogP contribution in [-0.4, -0.2) is 49.3 Å². The molecule has 9 nitrogen and oxygen atoms in total. The lowest BCUT2D eigenvalue weighted by atomic mass is 10.2. The van der Waals surface area contributed by atoms with Gasteiger partial charge in [-0.25, -0.2) is 14.4 Å². The van der Waals surface area contributed by atoms with E-state index in [9.17, 15) is 14.0 Å². The Morgan fingerprint density at radius 1 is 1.03 bits per heavy atom. The van der Waals surface area contributed by atoms with E-state index in [0.717, 1.165) is 0 Å². The smallest absolute Gasteiger partial charge is 0.315 e. The molecule has 0 saturated carbocycles. The lowest BCUT2D eigenvalue weighted by molar-refractivity contribution is -0.142. The Morgan fingerprint density at radius 3 is 2.48 bits per heavy atom. The topological polar surface area (TPSA) is 112 Å². The highest BCUT2D eigenvalue weighted by molar-refractivity contribution is 6.02. The van der Waals surface area contributed by atoms with Crippen molar-refractivity contribution in [1.29, 1.82) is 0 Å². The highest BCUT2D eigenvalue weighted by atomic mass is 19.1. The summed E-state index contributed by atoms with van der Waals surface area (Å²) in [6, 6.07) is 9.54. The summed E-state index contributed by atoms with van der Waals surface area (Å²) in [4.78, 5) is 31.2. The maximum Gasteiger partial charge on any atom is 0.315 e. The minimum absolute atomic E-state index is 0.219. The summed E-state index contributed by atoms with van der Waals surface area (Å²) < 4.78 is 29.6. The van der Waals surface area contributed by atoms with E-state index in [0.29, 0.717) is 35.9 Å². The average Bonchev–Trinajstić information content (AvgIpc) is 2.75. The molecule has 0 saturated heterocycles. The van der Waals surface area contributed by atoms with Gasteiger partial charge in [-0.1, -0.05) is 0 Å². The van der Waals surface area contributed by atoms with Gasteiger partial charge in [-0.3, -0.25) is 9.59 Å². The van der Waals surface area contributed by atoms with E-state index in [-0.39, 0.29) is 17.6 Å². The lowest BCUT2D eigenvalue weighted by Gasteiger charge is -2.12. The molecule has 0 unspecified atom stereocenters. The number of nitrogens with one attached hydrogen (secondary N) is 2. The fourth-order valence-corrected chi connectivity index (χ4v) is 2.72. The van der Waals surface area contributed by atoms with E-state index in [1.54, 1.807) is 37.4 Å². The molecule has 3 rings (SSSR count). The molecule has 0 radical (unpaired) electrons. The Labute approximate surface area is 177 Å². The summed E-state index contributed by atoms with van der Waals surface area (Å²) in [7, 11) is 2.77. The van der Waals surface area contributed by atoms with E-state index in [4.69, 9.17) is 9.47 Å². The molecular formula is C21H21FN4O5. The molecule has 0 aliphatic rings. The van der Waals surface area contributed by atoms with Crippen molar-refractivity contribution in [1.82, 2.24) is 9.97 Å². The fourth-order valence-electron chi connectivity index (χ4n) is 2.72. The molecule has 0 atom stereocenters. The molecule has 1 amide bonds. The number of carbonyl (C=O) groups is 2. The van der Waals surface area contributed by atoms with Gasteiger partial charge in [0.25, 0.3) is 0 Å². The zero-order chi connectivity index (χ0) is 22.2. The standard InChI is InChI=1S/C21H21FN4O5/c1-29-7-8-31-15-9-16(22)20-17(10-15)23-12-24-21(20)26-14-5-3-13(4-6-14)25-18(27)11-19(28)30-2/h3-6,9-10,12H,7-8,11H2,1-2H3,(H,25,27)(H,23,24,26). The van der Waals surface area contributed by atoms with E-state index in [1.165, 1.54) is 19.5 Å². The molecule has 2 aromatic carbocycles. The Balaban J connectivity index is 1.74. The number of rotatable bonds is 9. The van der Waals surface area contributed by atoms with E-state index in [1.807, 2.05) is 0 Å². The van der Waals surface area contributed by atoms with E-state index in [2.05, 4.69) is 25.3 Å². The number of methoxy groups -OCH3 is 2. The second-order valence-corrected chi connectivity index (χ2v) is 6.37. The number of hydrogen-bond acceptors (Lipinski definition) is 8. The minimum Gasteiger partial charge on any atom is -0.491 e. The molecule has 10 heteroatoms. The number of fused-ring (bicyclic) bond motifs is 1. The van der Waals surface area contributed by atoms with Gasteiger partial charge in [0.15, 0.2) is 0 Å². The van der Waals surface area contributed by atoms with Gasteiger partial charge in [0.05, 0.1) is 24.6 Å². The van der Waals surface area contributed by atoms with Gasteiger partial charge in [-0.15, -0.1) is 0 Å². The van der Waals surface area contributed by atoms with Gasteiger partial charge in [-0.05, 0) is 24.3 Å². The zero-order valence-corrected chi connectivity index (χ0v) is 17.0. The van der Waals surface area contributed by atoms with Crippen molar-refractivity contribution in [2.45, 2.75) is 6.42 Å². The van der Waals surface area contributed by atoms with Crippen molar-refractivity contribution >= 4 is 40.0 Å². The second kappa shape index (κ2) is 10.3. The van der Waals surface area contributed by atoms with E-state index >= 15 is 0 Å². The second-order valence-electron chi connectivity index (χ2n) is 6.37. The summed E-state index contributed by atoms with van der Waals surface area (Å²) in [6.07, 6.45) is 0.949. The van der Waals surface area contributed by atoms with Crippen molar-refractivity contribution in [2.24, 2.45) is 0 Å². The maximum atomic E-state index is 14.7. The predicted molar refractivity (Wildman–Crippen MR) is 112 cm³/mol. The number of benzene rings is 2. The number of carbonyl (C=O) groups excluding carboxylic acids is 2. The third-order valence-electron chi connectivity index (χ3n) is 4.18. The first kappa shape index (κ1) is 21.9. The monoisotopic (exact) mass is 428 g/mol. The quantitative estimate of drug-likeness (QED) is 0.304. The number of hydrogen-bond donors (Lipinski definition) is 2. The van der Waals surface area contributed by atoms with Crippen LogP contribution in [0.5, 0.6) is 5.75 Å². The fraction of sp³-hybridized carbons (Fsp3) is 0.238. The van der Waals surface area contributed by atoms with Crippen LogP contribution in [-0.2, 0) is 19.1 Å². The Morgan fingerprint density at radius 2 is 1.77 bits per heavy atom. The number of amides is 1. The molecular weight excluding hydrogens is 407 g/mol. The molecule has 0 aliphatic heterocycles. The van der Waals surface area contributed by atoms with Gasteiger partial charge in [-0.2, -0.15) is 0 Å². The van der Waals surface area contributed by atoms with Crippen molar-refractivity contribution in [2.75, 3.05) is 38.1 Å². The van der Waals surface area contributed by atoms with Crippen LogP contribution >= 0.6 is 0 Å². The van der Waals surface area contributed by atoms with Gasteiger partial charge in [0, 0.05) is 30.6 Å². The molecule has 31 heavy (non-hydrogen) atoms. The molecule has 2 N–H and O–H groups in total. The summed E-state index contributed by atoms with van der Waals surface area (Å²) >= 11 is 0. The maximum absolute atomic E-state index is 14.7. The number of anilines is 3. The molecule has 1 heterocycles. The van der Waals surface area contributed by atoms with Crippen LogP contribution < -0.4 is 15.4 Å². The zero-order valence-electron chi connectivity index (χ0n) is 17.0. The highest BCUT2D eigenvalue weighted by Crippen LogP contribution is 2.29. The molecule has 0 fully saturated rings. The first-order valence-corrected chi connectivity index (χ1v) is 9.30. The molecule has 162 valence electrons. The van der Waals surface area contributed by atoms with Crippen molar-refractivity contribution in [3.63, 3.8) is 0 Å². The SMILES string of the molecule is COCCOc1cc(F)c2c(Nc3ccc(NC(=O)CC(=O)OC)cc3)ncnc2c1. The van der Waals surface area contributed by atoms with Crippen LogP contribution in [0.25, 0.3) is 10.9 Å². The largest absolute Gasteiger partial charge is 0.491 e. The number of halogens is 1. The van der Waals surface area contributed by atoms with Crippen molar-refractivity contribution in [3.8, 4) is 5.75 Å². The number of nitrogens with zero attached hydrogens (tertiary/aromatic N) is 2. The third-order valence-corrected chi connectivity index (χ3v) is 4.18. The Hall–Kier alpha value is -3.79. The Kier molecular flexibility index (Phi) is 7.28. The average molecular weight is 428 g/mol. The first-order valence-electron chi connectivity index (χ1n) is 9.30. The summed E-state index contributed by atoms with van der Waals surface area (Å²) in [5.74, 6) is -1.01. The highest BCUT2D eigenvalue weighted by Gasteiger charge is 2.13. The van der Waals surface area contributed by atoms with Gasteiger partial charge in [0.2, 0.25) is 5.91 Å². The normalized spacial score (nSPS) is 10.5. The molecule has 0 spiro atoms. The minimum atomic E-state index is -0.624. The van der Waals surface area contributed by atoms with Crippen LogP contribution in [0.3, 0.4) is 0 Å². The van der Waals surface area contributed by atoms with Gasteiger partial charge in [0.1, 0.15) is 36.7 Å². The summed E-state index contributed by atoms with van der Waals surface area (Å²) in [5.41, 5.74) is 1.50. The summed E-state index contributed by atoms with van der Waals surface area (Å²) in [5, 5.41) is 5.85. The summed E-state index contributed by atoms with van der Waals surface area (Å²) in [6.45, 7) is 0.676. The number of ether oxygens (including phenoxy) is 3. The van der Waals surface area contributed by atoms with Crippen LogP contribution in [0.4, 0.5) is 21.6 Å². The van der Waals surface area contributed by atoms with Crippen molar-refractivity contribution in [3.05, 3.63) is 48.5 Å². The number of esters is 1. The van der Waals surface area contributed by atoms with Gasteiger partial charge < -0.3 is 24.8 Å². The molecule has 0 aliphatic carbocycles. The molecule has 0 bridgehead atoms. The van der Waals surface area contributed by atoms with Crippen molar-refractivity contribution < 1.29 is 28.2 Å². The lowest BCUT2D eigenvalue weighted by Crippen LogP contribution is -2.17. The van der Waals surface area contributed by atoms with Crippen LogP contribution in [0.2, 0.25) is 0 Å². The van der Waals surface area contributed by atoms with Crippen LogP contribution in [0.15, 0.2) is 42.7 Å². The molecule has 3 aromatic rings. The Bertz CT molecular complexity index is 1080. The number of aromatic nitrogens is 2. The van der Waals surface area contributed by atoms with E-state index < -0.39 is 17.7 Å². The predicted octanol–water partition coefficient (Wildman–Crippen LogP) is 3.04. The third kappa shape index (κ3) is 5.86.